The van der Waals surface area contributed by atoms with Crippen LogP contribution >= 0.6 is 11.6 Å². The minimum Gasteiger partial charge on any atom is -0.457 e. The fourth-order valence-corrected chi connectivity index (χ4v) is 3.42. The lowest BCUT2D eigenvalue weighted by atomic mass is 10.2. The van der Waals surface area contributed by atoms with Gasteiger partial charge in [0.15, 0.2) is 0 Å². The van der Waals surface area contributed by atoms with Gasteiger partial charge in [-0.15, -0.1) is 11.6 Å². The Bertz CT molecular complexity index is 1590. The molecule has 0 aliphatic carbocycles. The SMILES string of the molecule is CNc1ccc(Oc2ccnc(N)c2)cc1[N+](=O)[O-].CNc1ccc(Oc2ccnc(NC(=O)CCl)c2)cc1[N+](=O)[O-]. The van der Waals surface area contributed by atoms with Crippen LogP contribution in [0.4, 0.5) is 34.4 Å². The lowest BCUT2D eigenvalue weighted by Crippen LogP contribution is -2.13. The van der Waals surface area contributed by atoms with Gasteiger partial charge in [0.25, 0.3) is 11.4 Å². The van der Waals surface area contributed by atoms with Crippen molar-refractivity contribution in [2.45, 2.75) is 0 Å². The van der Waals surface area contributed by atoms with Crippen molar-refractivity contribution in [2.24, 2.45) is 0 Å². The molecule has 0 fully saturated rings. The van der Waals surface area contributed by atoms with Crippen LogP contribution in [-0.4, -0.2) is 45.7 Å². The molecule has 5 N–H and O–H groups in total. The molecule has 2 aromatic carbocycles. The highest BCUT2D eigenvalue weighted by Crippen LogP contribution is 2.32. The average Bonchev–Trinajstić information content (AvgIpc) is 2.97. The number of rotatable bonds is 10. The van der Waals surface area contributed by atoms with E-state index in [-0.39, 0.29) is 28.8 Å². The van der Waals surface area contributed by atoms with Gasteiger partial charge < -0.3 is 31.2 Å². The maximum atomic E-state index is 11.2. The van der Waals surface area contributed by atoms with Gasteiger partial charge in [-0.05, 0) is 36.4 Å². The maximum Gasteiger partial charge on any atom is 0.296 e. The molecule has 0 bridgehead atoms. The van der Waals surface area contributed by atoms with Crippen molar-refractivity contribution in [3.8, 4) is 23.0 Å². The molecule has 0 aliphatic heterocycles. The third-order valence-corrected chi connectivity index (χ3v) is 5.46. The Morgan fingerprint density at radius 3 is 1.74 bits per heavy atom. The molecule has 4 rings (SSSR count). The zero-order chi connectivity index (χ0) is 30.6. The first-order valence-electron chi connectivity index (χ1n) is 11.9. The molecule has 4 aromatic rings. The number of halogens is 1. The van der Waals surface area contributed by atoms with Gasteiger partial charge in [0.05, 0.1) is 22.0 Å². The first-order valence-corrected chi connectivity index (χ1v) is 12.5. The van der Waals surface area contributed by atoms with Crippen LogP contribution in [0.15, 0.2) is 73.1 Å². The number of alkyl halides is 1. The molecule has 2 heterocycles. The smallest absolute Gasteiger partial charge is 0.296 e. The molecule has 0 unspecified atom stereocenters. The molecule has 2 aromatic heterocycles. The number of carbonyl (C=O) groups excluding carboxylic acids is 1. The van der Waals surface area contributed by atoms with Crippen molar-refractivity contribution in [1.82, 2.24) is 9.97 Å². The van der Waals surface area contributed by atoms with Crippen molar-refractivity contribution in [2.75, 3.05) is 41.7 Å². The molecule has 16 heteroatoms. The van der Waals surface area contributed by atoms with Gasteiger partial charge >= 0.3 is 0 Å². The summed E-state index contributed by atoms with van der Waals surface area (Å²) >= 11 is 5.41. The first-order chi connectivity index (χ1) is 20.1. The van der Waals surface area contributed by atoms with Gasteiger partial charge in [-0.25, -0.2) is 9.97 Å². The molecule has 1 amide bonds. The molecule has 0 atom stereocenters. The van der Waals surface area contributed by atoms with Crippen LogP contribution in [0.1, 0.15) is 0 Å². The summed E-state index contributed by atoms with van der Waals surface area (Å²) in [5.41, 5.74) is 6.18. The van der Waals surface area contributed by atoms with E-state index in [0.717, 1.165) is 0 Å². The molecule has 0 radical (unpaired) electrons. The predicted octanol–water partition coefficient (Wildman–Crippen LogP) is 5.41. The number of nitrogen functional groups attached to an aromatic ring is 1. The van der Waals surface area contributed by atoms with Crippen LogP contribution in [0.5, 0.6) is 23.0 Å². The Morgan fingerprint density at radius 1 is 0.810 bits per heavy atom. The minimum absolute atomic E-state index is 0.0537. The number of hydrogen-bond acceptors (Lipinski definition) is 12. The monoisotopic (exact) mass is 596 g/mol. The molecule has 218 valence electrons. The number of benzene rings is 2. The van der Waals surface area contributed by atoms with Gasteiger partial charge in [0.2, 0.25) is 5.91 Å². The van der Waals surface area contributed by atoms with Gasteiger partial charge in [0, 0.05) is 38.6 Å². The zero-order valence-corrected chi connectivity index (χ0v) is 23.0. The van der Waals surface area contributed by atoms with Crippen molar-refractivity contribution in [3.05, 3.63) is 93.3 Å². The summed E-state index contributed by atoms with van der Waals surface area (Å²) in [5, 5.41) is 29.9. The number of anilines is 4. The van der Waals surface area contributed by atoms with Crippen LogP contribution in [0.2, 0.25) is 0 Å². The second-order valence-electron chi connectivity index (χ2n) is 8.05. The molecule has 0 spiro atoms. The summed E-state index contributed by atoms with van der Waals surface area (Å²) in [6.07, 6.45) is 2.94. The number of nitrogens with two attached hydrogens (primary N) is 1. The molecular weight excluding hydrogens is 572 g/mol. The molecule has 0 saturated carbocycles. The standard InChI is InChI=1S/C14H13ClN4O4.C12H12N4O3/c1-16-11-3-2-9(6-12(11)19(21)22)23-10-4-5-17-13(7-10)18-14(20)8-15;1-14-10-3-2-8(6-11(10)16(17)18)19-9-4-5-15-12(13)7-9/h2-7,16H,8H2,1H3,(H,17,18,20);2-7,14H,1H3,(H2,13,15). The van der Waals surface area contributed by atoms with E-state index in [2.05, 4.69) is 25.9 Å². The number of ether oxygens (including phenoxy) is 2. The number of aromatic nitrogens is 2. The van der Waals surface area contributed by atoms with Gasteiger partial charge in [-0.3, -0.25) is 25.0 Å². The second-order valence-corrected chi connectivity index (χ2v) is 8.32. The maximum absolute atomic E-state index is 11.2. The van der Waals surface area contributed by atoms with Gasteiger partial charge in [-0.1, -0.05) is 0 Å². The summed E-state index contributed by atoms with van der Waals surface area (Å²) < 4.78 is 11.1. The Balaban J connectivity index is 0.000000235. The fourth-order valence-electron chi connectivity index (χ4n) is 3.36. The highest BCUT2D eigenvalue weighted by atomic mass is 35.5. The Labute approximate surface area is 243 Å². The number of pyridine rings is 2. The van der Waals surface area contributed by atoms with Crippen molar-refractivity contribution in [3.63, 3.8) is 0 Å². The Morgan fingerprint density at radius 2 is 1.29 bits per heavy atom. The summed E-state index contributed by atoms with van der Waals surface area (Å²) in [6, 6.07) is 15.2. The number of nitro groups is 2. The number of nitrogens with zero attached hydrogens (tertiary/aromatic N) is 4. The number of carbonyl (C=O) groups is 1. The first kappa shape index (κ1) is 30.8. The molecule has 0 aliphatic rings. The second kappa shape index (κ2) is 14.6. The van der Waals surface area contributed by atoms with E-state index in [1.165, 1.54) is 36.7 Å². The lowest BCUT2D eigenvalue weighted by molar-refractivity contribution is -0.384. The highest BCUT2D eigenvalue weighted by molar-refractivity contribution is 6.29. The molecule has 42 heavy (non-hydrogen) atoms. The number of nitrogens with one attached hydrogen (secondary N) is 3. The van der Waals surface area contributed by atoms with E-state index in [4.69, 9.17) is 26.8 Å². The van der Waals surface area contributed by atoms with E-state index in [1.807, 2.05) is 0 Å². The fraction of sp³-hybridized carbons (Fsp3) is 0.115. The van der Waals surface area contributed by atoms with Crippen molar-refractivity contribution < 1.29 is 24.1 Å². The van der Waals surface area contributed by atoms with Crippen LogP contribution < -0.4 is 31.2 Å². The summed E-state index contributed by atoms with van der Waals surface area (Å²) in [4.78, 5) is 40.0. The van der Waals surface area contributed by atoms with E-state index >= 15 is 0 Å². The highest BCUT2D eigenvalue weighted by Gasteiger charge is 2.16. The van der Waals surface area contributed by atoms with Crippen LogP contribution in [0.25, 0.3) is 0 Å². The largest absolute Gasteiger partial charge is 0.457 e. The average molecular weight is 597 g/mol. The van der Waals surface area contributed by atoms with E-state index < -0.39 is 15.8 Å². The van der Waals surface area contributed by atoms with E-state index in [1.54, 1.807) is 50.5 Å². The van der Waals surface area contributed by atoms with Gasteiger partial charge in [0.1, 0.15) is 51.9 Å². The summed E-state index contributed by atoms with van der Waals surface area (Å²) in [6.45, 7) is 0. The lowest BCUT2D eigenvalue weighted by Gasteiger charge is -2.09. The third kappa shape index (κ3) is 8.65. The predicted molar refractivity (Wildman–Crippen MR) is 158 cm³/mol. The quantitative estimate of drug-likeness (QED) is 0.103. The molecule has 15 nitrogen and oxygen atoms in total. The number of amides is 1. The van der Waals surface area contributed by atoms with Crippen LogP contribution in [0.3, 0.4) is 0 Å². The number of hydrogen-bond donors (Lipinski definition) is 4. The topological polar surface area (TPSA) is 210 Å². The van der Waals surface area contributed by atoms with E-state index in [9.17, 15) is 25.0 Å². The minimum atomic E-state index is -0.503. The van der Waals surface area contributed by atoms with Gasteiger partial charge in [-0.2, -0.15) is 0 Å². The van der Waals surface area contributed by atoms with Crippen molar-refractivity contribution in [1.29, 1.82) is 0 Å². The summed E-state index contributed by atoms with van der Waals surface area (Å²) in [7, 11) is 3.21. The number of nitro benzene ring substituents is 2. The molecule has 0 saturated heterocycles. The summed E-state index contributed by atoms with van der Waals surface area (Å²) in [5.74, 6) is 1.49. The normalized spacial score (nSPS) is 9.98. The van der Waals surface area contributed by atoms with E-state index in [0.29, 0.717) is 34.4 Å². The van der Waals surface area contributed by atoms with Crippen molar-refractivity contribution >= 4 is 51.9 Å². The Hall–Kier alpha value is -5.70. The van der Waals surface area contributed by atoms with Crippen LogP contribution in [0, 0.1) is 20.2 Å². The third-order valence-electron chi connectivity index (χ3n) is 5.21. The molecular formula is C26H25ClN8O7. The zero-order valence-electron chi connectivity index (χ0n) is 22.2. The van der Waals surface area contributed by atoms with Crippen LogP contribution in [-0.2, 0) is 4.79 Å². The Kier molecular flexibility index (Phi) is 10.7.